The molecule has 1 amide bonds. The van der Waals surface area contributed by atoms with Crippen molar-refractivity contribution in [1.82, 2.24) is 14.5 Å². The van der Waals surface area contributed by atoms with Gasteiger partial charge in [0.1, 0.15) is 0 Å². The minimum Gasteiger partial charge on any atom is -0.312 e. The number of sulfonamides is 1. The van der Waals surface area contributed by atoms with Crippen molar-refractivity contribution in [3.63, 3.8) is 0 Å². The van der Waals surface area contributed by atoms with Gasteiger partial charge in [-0.3, -0.25) is 4.79 Å². The van der Waals surface area contributed by atoms with Crippen LogP contribution in [0.3, 0.4) is 0 Å². The Morgan fingerprint density at radius 2 is 1.97 bits per heavy atom. The summed E-state index contributed by atoms with van der Waals surface area (Å²) in [4.78, 5) is 13.7. The number of rotatable bonds is 6. The molecule has 1 N–H and O–H groups in total. The molecule has 0 atom stereocenters. The molecule has 0 spiro atoms. The van der Waals surface area contributed by atoms with Crippen molar-refractivity contribution < 1.29 is 13.2 Å². The molecule has 3 aromatic rings. The molecule has 0 radical (unpaired) electrons. The molecule has 0 fully saturated rings. The topological polar surface area (TPSA) is 84.3 Å². The molecule has 7 nitrogen and oxygen atoms in total. The number of aryl methyl sites for hydroxylation is 1. The average Bonchev–Trinajstić information content (AvgIpc) is 3.28. The largest absolute Gasteiger partial charge is 0.312 e. The first kappa shape index (κ1) is 20.3. The number of nitrogens with zero attached hydrogens (tertiary/aromatic N) is 3. The summed E-state index contributed by atoms with van der Waals surface area (Å²) >= 11 is 0. The number of carbonyl (C=O) groups is 1. The van der Waals surface area contributed by atoms with E-state index < -0.39 is 10.0 Å². The quantitative estimate of drug-likeness (QED) is 0.659. The Bertz CT molecular complexity index is 1140. The van der Waals surface area contributed by atoms with Crippen LogP contribution in [0.2, 0.25) is 0 Å². The Morgan fingerprint density at radius 1 is 1.17 bits per heavy atom. The van der Waals surface area contributed by atoms with Gasteiger partial charge in [0.05, 0.1) is 10.6 Å². The van der Waals surface area contributed by atoms with Crippen molar-refractivity contribution in [3.8, 4) is 5.69 Å². The maximum atomic E-state index is 12.7. The third-order valence-corrected chi connectivity index (χ3v) is 6.73. The SMILES string of the molecule is CC(=O)N1CCCc2cc(S(=O)(=O)NCCc3ccc(-n4cccn4)cc3)ccc21. The van der Waals surface area contributed by atoms with Gasteiger partial charge in [-0.2, -0.15) is 5.10 Å². The first-order chi connectivity index (χ1) is 14.4. The van der Waals surface area contributed by atoms with Crippen LogP contribution in [0.1, 0.15) is 24.5 Å². The van der Waals surface area contributed by atoms with Crippen LogP contribution in [0.15, 0.2) is 65.8 Å². The second-order valence-electron chi connectivity index (χ2n) is 7.33. The summed E-state index contributed by atoms with van der Waals surface area (Å²) < 4.78 is 29.9. The van der Waals surface area contributed by atoms with Crippen LogP contribution in [0, 0.1) is 0 Å². The highest BCUT2D eigenvalue weighted by molar-refractivity contribution is 7.89. The van der Waals surface area contributed by atoms with E-state index in [9.17, 15) is 13.2 Å². The minimum atomic E-state index is -3.61. The Balaban J connectivity index is 1.40. The van der Waals surface area contributed by atoms with Crippen LogP contribution < -0.4 is 9.62 Å². The van der Waals surface area contributed by atoms with Crippen molar-refractivity contribution in [1.29, 1.82) is 0 Å². The third-order valence-electron chi connectivity index (χ3n) is 5.27. The number of amides is 1. The molecule has 4 rings (SSSR count). The summed E-state index contributed by atoms with van der Waals surface area (Å²) in [6, 6.07) is 14.7. The Morgan fingerprint density at radius 3 is 2.67 bits per heavy atom. The summed E-state index contributed by atoms with van der Waals surface area (Å²) in [6.07, 6.45) is 5.78. The summed E-state index contributed by atoms with van der Waals surface area (Å²) in [5.74, 6) is -0.0248. The van der Waals surface area contributed by atoms with Crippen LogP contribution >= 0.6 is 0 Å². The number of aromatic nitrogens is 2. The Labute approximate surface area is 176 Å². The monoisotopic (exact) mass is 424 g/mol. The minimum absolute atomic E-state index is 0.0248. The average molecular weight is 425 g/mol. The molecule has 1 aliphatic heterocycles. The lowest BCUT2D eigenvalue weighted by Crippen LogP contribution is -2.33. The molecule has 0 aliphatic carbocycles. The molecule has 0 saturated carbocycles. The van der Waals surface area contributed by atoms with E-state index >= 15 is 0 Å². The fourth-order valence-electron chi connectivity index (χ4n) is 3.72. The van der Waals surface area contributed by atoms with Crippen LogP contribution in [0.25, 0.3) is 5.69 Å². The number of hydrogen-bond acceptors (Lipinski definition) is 4. The van der Waals surface area contributed by atoms with Gasteiger partial charge in [-0.1, -0.05) is 12.1 Å². The lowest BCUT2D eigenvalue weighted by molar-refractivity contribution is -0.116. The number of carbonyl (C=O) groups excluding carboxylic acids is 1. The second kappa shape index (κ2) is 8.41. The predicted molar refractivity (Wildman–Crippen MR) is 115 cm³/mol. The molecule has 1 aliphatic rings. The molecule has 2 aromatic carbocycles. The maximum Gasteiger partial charge on any atom is 0.240 e. The van der Waals surface area contributed by atoms with Gasteiger partial charge in [0.2, 0.25) is 15.9 Å². The van der Waals surface area contributed by atoms with Gasteiger partial charge in [-0.25, -0.2) is 17.8 Å². The van der Waals surface area contributed by atoms with E-state index in [0.717, 1.165) is 35.3 Å². The van der Waals surface area contributed by atoms with E-state index in [-0.39, 0.29) is 10.8 Å². The van der Waals surface area contributed by atoms with Gasteiger partial charge >= 0.3 is 0 Å². The number of anilines is 1. The van der Waals surface area contributed by atoms with Gasteiger partial charge in [0.25, 0.3) is 0 Å². The predicted octanol–water partition coefficient (Wildman–Crippen LogP) is 2.69. The van der Waals surface area contributed by atoms with Gasteiger partial charge in [-0.05, 0) is 66.8 Å². The van der Waals surface area contributed by atoms with E-state index in [1.807, 2.05) is 36.5 Å². The fourth-order valence-corrected chi connectivity index (χ4v) is 4.80. The second-order valence-corrected chi connectivity index (χ2v) is 9.10. The third kappa shape index (κ3) is 4.29. The molecule has 30 heavy (non-hydrogen) atoms. The maximum absolute atomic E-state index is 12.7. The number of nitrogens with one attached hydrogen (secondary N) is 1. The van der Waals surface area contributed by atoms with Crippen molar-refractivity contribution in [2.45, 2.75) is 31.1 Å². The van der Waals surface area contributed by atoms with Crippen molar-refractivity contribution in [2.75, 3.05) is 18.0 Å². The summed E-state index contributed by atoms with van der Waals surface area (Å²) in [5, 5.41) is 4.19. The van der Waals surface area contributed by atoms with Gasteiger partial charge in [0, 0.05) is 38.1 Å². The van der Waals surface area contributed by atoms with E-state index in [2.05, 4.69) is 9.82 Å². The summed E-state index contributed by atoms with van der Waals surface area (Å²) in [7, 11) is -3.61. The number of benzene rings is 2. The molecular weight excluding hydrogens is 400 g/mol. The van der Waals surface area contributed by atoms with Crippen LogP contribution in [0.5, 0.6) is 0 Å². The highest BCUT2D eigenvalue weighted by atomic mass is 32.2. The molecule has 8 heteroatoms. The highest BCUT2D eigenvalue weighted by Crippen LogP contribution is 2.29. The van der Waals surface area contributed by atoms with Gasteiger partial charge < -0.3 is 4.90 Å². The van der Waals surface area contributed by atoms with Gasteiger partial charge in [-0.15, -0.1) is 0 Å². The highest BCUT2D eigenvalue weighted by Gasteiger charge is 2.22. The molecular formula is C22H24N4O3S. The fraction of sp³-hybridized carbons (Fsp3) is 0.273. The summed E-state index contributed by atoms with van der Waals surface area (Å²) in [5.41, 5.74) is 3.70. The van der Waals surface area contributed by atoms with E-state index in [0.29, 0.717) is 19.5 Å². The molecule has 0 saturated heterocycles. The first-order valence-corrected chi connectivity index (χ1v) is 11.4. The van der Waals surface area contributed by atoms with Gasteiger partial charge in [0.15, 0.2) is 0 Å². The van der Waals surface area contributed by atoms with E-state index in [4.69, 9.17) is 0 Å². The zero-order valence-corrected chi connectivity index (χ0v) is 17.6. The first-order valence-electron chi connectivity index (χ1n) is 9.94. The van der Waals surface area contributed by atoms with Crippen LogP contribution in [0.4, 0.5) is 5.69 Å². The summed E-state index contributed by atoms with van der Waals surface area (Å²) in [6.45, 7) is 2.51. The van der Waals surface area contributed by atoms with Crippen molar-refractivity contribution in [3.05, 3.63) is 72.1 Å². The van der Waals surface area contributed by atoms with E-state index in [1.165, 1.54) is 6.92 Å². The van der Waals surface area contributed by atoms with Crippen LogP contribution in [-0.4, -0.2) is 37.2 Å². The molecule has 156 valence electrons. The zero-order chi connectivity index (χ0) is 21.1. The molecule has 0 unspecified atom stereocenters. The Kier molecular flexibility index (Phi) is 5.69. The number of hydrogen-bond donors (Lipinski definition) is 1. The molecule has 1 aromatic heterocycles. The normalized spacial score (nSPS) is 13.8. The van der Waals surface area contributed by atoms with Crippen LogP contribution in [-0.2, 0) is 27.7 Å². The van der Waals surface area contributed by atoms with E-state index in [1.54, 1.807) is 34.0 Å². The molecule has 2 heterocycles. The zero-order valence-electron chi connectivity index (χ0n) is 16.8. The molecule has 0 bridgehead atoms. The van der Waals surface area contributed by atoms with Crippen molar-refractivity contribution >= 4 is 21.6 Å². The standard InChI is InChI=1S/C22H24N4O3S/c1-17(27)25-14-2-4-19-16-21(9-10-22(19)25)30(28,29)24-13-11-18-5-7-20(8-6-18)26-15-3-12-23-26/h3,5-10,12,15-16,24H,2,4,11,13-14H2,1H3. The van der Waals surface area contributed by atoms with Crippen molar-refractivity contribution in [2.24, 2.45) is 0 Å². The smallest absolute Gasteiger partial charge is 0.240 e. The Hall–Kier alpha value is -2.97. The lowest BCUT2D eigenvalue weighted by atomic mass is 10.0. The number of fused-ring (bicyclic) bond motifs is 1. The lowest BCUT2D eigenvalue weighted by Gasteiger charge is -2.28.